The van der Waals surface area contributed by atoms with Gasteiger partial charge in [0.05, 0.1) is 13.0 Å². The van der Waals surface area contributed by atoms with E-state index in [0.717, 1.165) is 12.0 Å². The molecule has 0 aliphatic carbocycles. The molecule has 0 aliphatic heterocycles. The van der Waals surface area contributed by atoms with Crippen LogP contribution in [0, 0.1) is 5.92 Å². The SMILES string of the molecule is CCC(C)C(C(=O)c1ncccc1OC)c1ccccc1. The molecule has 0 fully saturated rings. The van der Waals surface area contributed by atoms with E-state index in [-0.39, 0.29) is 17.6 Å². The number of nitrogens with zero attached hydrogens (tertiary/aromatic N) is 1. The van der Waals surface area contributed by atoms with E-state index in [0.29, 0.717) is 11.4 Å². The number of ether oxygens (including phenoxy) is 1. The van der Waals surface area contributed by atoms with Crippen molar-refractivity contribution < 1.29 is 9.53 Å². The second-order valence-corrected chi connectivity index (χ2v) is 5.19. The van der Waals surface area contributed by atoms with Gasteiger partial charge in [-0.2, -0.15) is 0 Å². The van der Waals surface area contributed by atoms with E-state index >= 15 is 0 Å². The van der Waals surface area contributed by atoms with E-state index < -0.39 is 0 Å². The van der Waals surface area contributed by atoms with E-state index in [9.17, 15) is 4.79 Å². The quantitative estimate of drug-likeness (QED) is 0.749. The lowest BCUT2D eigenvalue weighted by Gasteiger charge is -2.22. The number of methoxy groups -OCH3 is 1. The van der Waals surface area contributed by atoms with Gasteiger partial charge in [0.25, 0.3) is 0 Å². The van der Waals surface area contributed by atoms with E-state index in [4.69, 9.17) is 4.74 Å². The van der Waals surface area contributed by atoms with Crippen molar-refractivity contribution in [3.63, 3.8) is 0 Å². The molecule has 0 saturated heterocycles. The molecule has 2 unspecified atom stereocenters. The Morgan fingerprint density at radius 1 is 1.19 bits per heavy atom. The normalized spacial score (nSPS) is 13.5. The zero-order chi connectivity index (χ0) is 15.2. The van der Waals surface area contributed by atoms with Gasteiger partial charge >= 0.3 is 0 Å². The summed E-state index contributed by atoms with van der Waals surface area (Å²) in [5.74, 6) is 0.603. The molecule has 0 aliphatic rings. The standard InChI is InChI=1S/C18H21NO2/c1-4-13(2)16(14-9-6-5-7-10-14)18(20)17-15(21-3)11-8-12-19-17/h5-13,16H,4H2,1-3H3. The van der Waals surface area contributed by atoms with Crippen LogP contribution in [0.1, 0.15) is 42.2 Å². The van der Waals surface area contributed by atoms with Crippen molar-refractivity contribution in [1.29, 1.82) is 0 Å². The van der Waals surface area contributed by atoms with E-state index in [1.54, 1.807) is 25.4 Å². The molecule has 1 aromatic heterocycles. The first-order valence-electron chi connectivity index (χ1n) is 7.27. The summed E-state index contributed by atoms with van der Waals surface area (Å²) in [5.41, 5.74) is 1.44. The second kappa shape index (κ2) is 7.02. The maximum absolute atomic E-state index is 13.0. The molecule has 0 spiro atoms. The highest BCUT2D eigenvalue weighted by molar-refractivity contribution is 6.01. The third kappa shape index (κ3) is 3.30. The predicted octanol–water partition coefficient (Wildman–Crippen LogP) is 4.10. The highest BCUT2D eigenvalue weighted by atomic mass is 16.5. The molecular formula is C18H21NO2. The van der Waals surface area contributed by atoms with Gasteiger partial charge in [-0.1, -0.05) is 50.6 Å². The van der Waals surface area contributed by atoms with E-state index in [1.165, 1.54) is 0 Å². The number of benzene rings is 1. The van der Waals surface area contributed by atoms with Crippen LogP contribution < -0.4 is 4.74 Å². The van der Waals surface area contributed by atoms with Gasteiger partial charge in [0.1, 0.15) is 11.4 Å². The zero-order valence-corrected chi connectivity index (χ0v) is 12.7. The van der Waals surface area contributed by atoms with Gasteiger partial charge in [0.15, 0.2) is 5.78 Å². The number of ketones is 1. The molecule has 3 heteroatoms. The predicted molar refractivity (Wildman–Crippen MR) is 83.8 cm³/mol. The van der Waals surface area contributed by atoms with Gasteiger partial charge < -0.3 is 4.74 Å². The Kier molecular flexibility index (Phi) is 5.09. The molecule has 110 valence electrons. The highest BCUT2D eigenvalue weighted by Gasteiger charge is 2.29. The fourth-order valence-electron chi connectivity index (χ4n) is 2.52. The van der Waals surface area contributed by atoms with Crippen molar-refractivity contribution in [2.75, 3.05) is 7.11 Å². The molecular weight excluding hydrogens is 262 g/mol. The molecule has 0 amide bonds. The molecule has 0 N–H and O–H groups in total. The van der Waals surface area contributed by atoms with Crippen molar-refractivity contribution in [2.24, 2.45) is 5.92 Å². The number of hydrogen-bond acceptors (Lipinski definition) is 3. The lowest BCUT2D eigenvalue weighted by Crippen LogP contribution is -2.21. The summed E-state index contributed by atoms with van der Waals surface area (Å²) in [6, 6.07) is 13.5. The van der Waals surface area contributed by atoms with Gasteiger partial charge in [-0.3, -0.25) is 4.79 Å². The molecule has 0 bridgehead atoms. The van der Waals surface area contributed by atoms with Crippen LogP contribution in [-0.2, 0) is 0 Å². The minimum atomic E-state index is -0.194. The first kappa shape index (κ1) is 15.2. The lowest BCUT2D eigenvalue weighted by atomic mass is 9.81. The summed E-state index contributed by atoms with van der Waals surface area (Å²) in [4.78, 5) is 17.2. The largest absolute Gasteiger partial charge is 0.494 e. The van der Waals surface area contributed by atoms with Crippen LogP contribution in [0.15, 0.2) is 48.7 Å². The first-order valence-corrected chi connectivity index (χ1v) is 7.27. The fraction of sp³-hybridized carbons (Fsp3) is 0.333. The monoisotopic (exact) mass is 283 g/mol. The molecule has 21 heavy (non-hydrogen) atoms. The molecule has 2 atom stereocenters. The van der Waals surface area contributed by atoms with Crippen LogP contribution in [0.3, 0.4) is 0 Å². The summed E-state index contributed by atoms with van der Waals surface area (Å²) in [6.07, 6.45) is 2.56. The fourth-order valence-corrected chi connectivity index (χ4v) is 2.52. The van der Waals surface area contributed by atoms with E-state index in [2.05, 4.69) is 18.8 Å². The summed E-state index contributed by atoms with van der Waals surface area (Å²) in [6.45, 7) is 4.20. The molecule has 2 aromatic rings. The molecule has 1 aromatic carbocycles. The van der Waals surface area contributed by atoms with Crippen LogP contribution >= 0.6 is 0 Å². The Bertz CT molecular complexity index is 595. The first-order chi connectivity index (χ1) is 10.2. The number of carbonyl (C=O) groups is 1. The number of rotatable bonds is 6. The number of pyridine rings is 1. The maximum atomic E-state index is 13.0. The van der Waals surface area contributed by atoms with Gasteiger partial charge in [0.2, 0.25) is 0 Å². The number of hydrogen-bond donors (Lipinski definition) is 0. The molecule has 1 heterocycles. The topological polar surface area (TPSA) is 39.2 Å². The second-order valence-electron chi connectivity index (χ2n) is 5.19. The zero-order valence-electron chi connectivity index (χ0n) is 12.7. The van der Waals surface area contributed by atoms with Gasteiger partial charge in [-0.15, -0.1) is 0 Å². The van der Waals surface area contributed by atoms with Crippen molar-refractivity contribution in [3.8, 4) is 5.75 Å². The summed E-state index contributed by atoms with van der Waals surface area (Å²) < 4.78 is 5.28. The van der Waals surface area contributed by atoms with Crippen LogP contribution in [0.5, 0.6) is 5.75 Å². The van der Waals surface area contributed by atoms with Gasteiger partial charge in [-0.05, 0) is 23.6 Å². The number of Topliss-reactive ketones (excluding diaryl/α,β-unsaturated/α-hetero) is 1. The Labute approximate surface area is 126 Å². The van der Waals surface area contributed by atoms with Crippen molar-refractivity contribution in [2.45, 2.75) is 26.2 Å². The maximum Gasteiger partial charge on any atom is 0.192 e. The number of aromatic nitrogens is 1. The molecule has 0 saturated carbocycles. The minimum absolute atomic E-state index is 0.0213. The van der Waals surface area contributed by atoms with Crippen LogP contribution in [0.4, 0.5) is 0 Å². The summed E-state index contributed by atoms with van der Waals surface area (Å²) in [7, 11) is 1.56. The van der Waals surface area contributed by atoms with Gasteiger partial charge in [-0.25, -0.2) is 4.98 Å². The summed E-state index contributed by atoms with van der Waals surface area (Å²) in [5, 5.41) is 0. The Balaban J connectivity index is 2.44. The van der Waals surface area contributed by atoms with E-state index in [1.807, 2.05) is 30.3 Å². The van der Waals surface area contributed by atoms with Crippen molar-refractivity contribution in [3.05, 3.63) is 59.9 Å². The molecule has 2 rings (SSSR count). The smallest absolute Gasteiger partial charge is 0.192 e. The van der Waals surface area contributed by atoms with Gasteiger partial charge in [0, 0.05) is 6.20 Å². The van der Waals surface area contributed by atoms with Crippen LogP contribution in [0.2, 0.25) is 0 Å². The summed E-state index contributed by atoms with van der Waals surface area (Å²) >= 11 is 0. The number of carbonyl (C=O) groups excluding carboxylic acids is 1. The minimum Gasteiger partial charge on any atom is -0.494 e. The third-order valence-corrected chi connectivity index (χ3v) is 3.88. The van der Waals surface area contributed by atoms with Crippen molar-refractivity contribution in [1.82, 2.24) is 4.98 Å². The van der Waals surface area contributed by atoms with Crippen LogP contribution in [0.25, 0.3) is 0 Å². The highest BCUT2D eigenvalue weighted by Crippen LogP contribution is 2.32. The molecule has 0 radical (unpaired) electrons. The van der Waals surface area contributed by atoms with Crippen LogP contribution in [-0.4, -0.2) is 17.9 Å². The van der Waals surface area contributed by atoms with Crippen molar-refractivity contribution >= 4 is 5.78 Å². The average Bonchev–Trinajstić information content (AvgIpc) is 2.55. The lowest BCUT2D eigenvalue weighted by molar-refractivity contribution is 0.0923. The Morgan fingerprint density at radius 2 is 1.90 bits per heavy atom. The Hall–Kier alpha value is -2.16. The Morgan fingerprint density at radius 3 is 2.52 bits per heavy atom. The average molecular weight is 283 g/mol. The molecule has 3 nitrogen and oxygen atoms in total. The third-order valence-electron chi connectivity index (χ3n) is 3.88.